The number of hydrogen-bond acceptors (Lipinski definition) is 7. The molecular formula is C39H43N5O4. The molecule has 0 spiro atoms. The van der Waals surface area contributed by atoms with Crippen molar-refractivity contribution in [3.05, 3.63) is 74.9 Å². The summed E-state index contributed by atoms with van der Waals surface area (Å²) < 4.78 is 9.99. The first-order valence-electron chi connectivity index (χ1n) is 16.4. The Kier molecular flexibility index (Phi) is 10.1. The first-order chi connectivity index (χ1) is 23.1. The van der Waals surface area contributed by atoms with Gasteiger partial charge in [0.15, 0.2) is 0 Å². The Bertz CT molecular complexity index is 2120. The number of allylic oxidation sites excluding steroid dienone is 5. The SMILES string of the molecule is CCC1=C(C)c2cc3[nH]c(cc4nc(c(C=CC#N)c5[nH]c(cc1n2)c(C)c5CCC(=O)OC)C(CCC(=O)OC)=C4C)c(C)c3CC. The lowest BCUT2D eigenvalue weighted by molar-refractivity contribution is -0.141. The van der Waals surface area contributed by atoms with Crippen molar-refractivity contribution in [2.24, 2.45) is 0 Å². The monoisotopic (exact) mass is 645 g/mol. The molecule has 0 amide bonds. The van der Waals surface area contributed by atoms with Gasteiger partial charge in [-0.1, -0.05) is 13.8 Å². The van der Waals surface area contributed by atoms with Crippen LogP contribution in [0.1, 0.15) is 104 Å². The third-order valence-electron chi connectivity index (χ3n) is 9.62. The number of ether oxygens (including phenoxy) is 2. The second kappa shape index (κ2) is 14.3. The highest BCUT2D eigenvalue weighted by Gasteiger charge is 2.24. The Labute approximate surface area is 281 Å². The van der Waals surface area contributed by atoms with Gasteiger partial charge in [0.25, 0.3) is 0 Å². The van der Waals surface area contributed by atoms with Crippen LogP contribution in [0, 0.1) is 25.2 Å². The van der Waals surface area contributed by atoms with Crippen molar-refractivity contribution < 1.29 is 19.1 Å². The Hall–Kier alpha value is -5.23. The molecule has 48 heavy (non-hydrogen) atoms. The highest BCUT2D eigenvalue weighted by Crippen LogP contribution is 2.39. The number of carbonyl (C=O) groups is 2. The number of rotatable bonds is 9. The lowest BCUT2D eigenvalue weighted by Gasteiger charge is -2.08. The summed E-state index contributed by atoms with van der Waals surface area (Å²) in [5.41, 5.74) is 15.9. The van der Waals surface area contributed by atoms with Gasteiger partial charge in [-0.25, -0.2) is 9.97 Å². The summed E-state index contributed by atoms with van der Waals surface area (Å²) in [5, 5.41) is 9.69. The van der Waals surface area contributed by atoms with E-state index in [4.69, 9.17) is 19.4 Å². The lowest BCUT2D eigenvalue weighted by Crippen LogP contribution is -2.03. The van der Waals surface area contributed by atoms with Crippen molar-refractivity contribution in [2.75, 3.05) is 14.2 Å². The van der Waals surface area contributed by atoms with Gasteiger partial charge in [-0.2, -0.15) is 5.26 Å². The van der Waals surface area contributed by atoms with Crippen LogP contribution >= 0.6 is 0 Å². The maximum absolute atomic E-state index is 12.4. The molecule has 3 aromatic heterocycles. The number of nitriles is 1. The second-order valence-corrected chi connectivity index (χ2v) is 12.2. The third-order valence-corrected chi connectivity index (χ3v) is 9.62. The number of fused-ring (bicyclic) bond motifs is 8. The molecule has 0 fully saturated rings. The number of esters is 2. The number of aryl methyl sites for hydroxylation is 4. The number of hydrogen-bond donors (Lipinski definition) is 2. The summed E-state index contributed by atoms with van der Waals surface area (Å²) >= 11 is 0. The fourth-order valence-corrected chi connectivity index (χ4v) is 6.82. The average Bonchev–Trinajstić information content (AvgIpc) is 3.75. The average molecular weight is 646 g/mol. The van der Waals surface area contributed by atoms with E-state index in [0.29, 0.717) is 24.1 Å². The molecule has 2 aliphatic heterocycles. The zero-order valence-corrected chi connectivity index (χ0v) is 29.1. The van der Waals surface area contributed by atoms with E-state index in [1.165, 1.54) is 31.4 Å². The van der Waals surface area contributed by atoms with Crippen LogP contribution in [-0.2, 0) is 31.9 Å². The molecule has 248 valence electrons. The molecule has 2 aliphatic rings. The molecule has 0 aromatic carbocycles. The molecule has 0 saturated heterocycles. The van der Waals surface area contributed by atoms with Crippen molar-refractivity contribution in [1.82, 2.24) is 19.9 Å². The zero-order chi connectivity index (χ0) is 34.7. The fourth-order valence-electron chi connectivity index (χ4n) is 6.82. The summed E-state index contributed by atoms with van der Waals surface area (Å²) in [7, 11) is 2.77. The first kappa shape index (κ1) is 34.1. The highest BCUT2D eigenvalue weighted by atomic mass is 16.5. The van der Waals surface area contributed by atoms with Gasteiger partial charge in [0, 0.05) is 41.0 Å². The van der Waals surface area contributed by atoms with E-state index in [-0.39, 0.29) is 24.8 Å². The largest absolute Gasteiger partial charge is 0.469 e. The summed E-state index contributed by atoms with van der Waals surface area (Å²) in [4.78, 5) is 42.4. The fraction of sp³-hybridized carbons (Fsp3) is 0.359. The number of carbonyl (C=O) groups excluding carboxylic acids is 2. The van der Waals surface area contributed by atoms with E-state index < -0.39 is 0 Å². The van der Waals surface area contributed by atoms with E-state index in [0.717, 1.165) is 85.4 Å². The topological polar surface area (TPSA) is 134 Å². The van der Waals surface area contributed by atoms with Gasteiger partial charge in [0.05, 0.1) is 48.6 Å². The predicted molar refractivity (Wildman–Crippen MR) is 191 cm³/mol. The van der Waals surface area contributed by atoms with Crippen LogP contribution in [0.5, 0.6) is 0 Å². The molecule has 8 bridgehead atoms. The highest BCUT2D eigenvalue weighted by molar-refractivity contribution is 5.98. The number of nitrogens with zero attached hydrogens (tertiary/aromatic N) is 3. The van der Waals surface area contributed by atoms with Gasteiger partial charge in [0.1, 0.15) is 0 Å². The van der Waals surface area contributed by atoms with Crippen molar-refractivity contribution in [2.45, 2.75) is 80.1 Å². The van der Waals surface area contributed by atoms with E-state index in [2.05, 4.69) is 61.9 Å². The van der Waals surface area contributed by atoms with Crippen molar-refractivity contribution in [1.29, 1.82) is 5.26 Å². The minimum atomic E-state index is -0.317. The van der Waals surface area contributed by atoms with Crippen LogP contribution in [0.3, 0.4) is 0 Å². The van der Waals surface area contributed by atoms with E-state index in [9.17, 15) is 14.9 Å². The molecule has 5 heterocycles. The Balaban J connectivity index is 2.01. The minimum Gasteiger partial charge on any atom is -0.469 e. The van der Waals surface area contributed by atoms with Gasteiger partial charge in [0.2, 0.25) is 0 Å². The standard InChI is InChI=1S/C39H43N5O4/c1-9-25-21(3)30-18-32-23(5)27(13-15-36(45)47-7)38(43-32)29(12-11-17-40)39-28(14-16-37(46)48-8)24(6)33(44-39)20-35-26(10-2)22(4)31(42-35)19-34(25)41-30/h11-12,18-20,41,44H,9-10,13-16H2,1-8H3. The molecule has 9 nitrogen and oxygen atoms in total. The van der Waals surface area contributed by atoms with Gasteiger partial charge in [-0.3, -0.25) is 9.59 Å². The Morgan fingerprint density at radius 1 is 0.771 bits per heavy atom. The summed E-state index contributed by atoms with van der Waals surface area (Å²) in [6.45, 7) is 12.6. The Morgan fingerprint density at radius 2 is 1.35 bits per heavy atom. The quantitative estimate of drug-likeness (QED) is 0.176. The molecule has 0 aliphatic carbocycles. The number of aromatic amines is 2. The van der Waals surface area contributed by atoms with Crippen LogP contribution in [0.25, 0.3) is 50.4 Å². The van der Waals surface area contributed by atoms with Gasteiger partial charge in [-0.05, 0) is 122 Å². The van der Waals surface area contributed by atoms with E-state index >= 15 is 0 Å². The number of nitrogens with one attached hydrogen (secondary N) is 2. The third kappa shape index (κ3) is 6.35. The van der Waals surface area contributed by atoms with Gasteiger partial charge in [-0.15, -0.1) is 0 Å². The van der Waals surface area contributed by atoms with E-state index in [1.807, 2.05) is 13.8 Å². The predicted octanol–water partition coefficient (Wildman–Crippen LogP) is 8.36. The van der Waals surface area contributed by atoms with Gasteiger partial charge < -0.3 is 19.4 Å². The Morgan fingerprint density at radius 3 is 2.00 bits per heavy atom. The molecule has 2 N–H and O–H groups in total. The molecule has 3 aromatic rings. The second-order valence-electron chi connectivity index (χ2n) is 12.2. The van der Waals surface area contributed by atoms with Crippen molar-refractivity contribution in [3.8, 4) is 6.07 Å². The number of H-pyrrole nitrogens is 2. The summed E-state index contributed by atoms with van der Waals surface area (Å²) in [5.74, 6) is -0.631. The maximum atomic E-state index is 12.4. The van der Waals surface area contributed by atoms with Crippen LogP contribution in [-0.4, -0.2) is 46.1 Å². The van der Waals surface area contributed by atoms with Crippen LogP contribution in [0.2, 0.25) is 0 Å². The number of methoxy groups -OCH3 is 2. The first-order valence-corrected chi connectivity index (χ1v) is 16.4. The molecule has 9 heteroatoms. The minimum absolute atomic E-state index is 0.174. The van der Waals surface area contributed by atoms with E-state index in [1.54, 1.807) is 6.08 Å². The normalized spacial score (nSPS) is 13.0. The molecule has 0 saturated carbocycles. The molecular weight excluding hydrogens is 602 g/mol. The lowest BCUT2D eigenvalue weighted by atomic mass is 9.96. The summed E-state index contributed by atoms with van der Waals surface area (Å²) in [6.07, 6.45) is 6.02. The molecule has 0 radical (unpaired) electrons. The van der Waals surface area contributed by atoms with Crippen LogP contribution in [0.4, 0.5) is 0 Å². The van der Waals surface area contributed by atoms with Crippen molar-refractivity contribution >= 4 is 62.4 Å². The van der Waals surface area contributed by atoms with Crippen LogP contribution in [0.15, 0.2) is 24.3 Å². The zero-order valence-electron chi connectivity index (χ0n) is 29.1. The summed E-state index contributed by atoms with van der Waals surface area (Å²) in [6, 6.07) is 8.43. The van der Waals surface area contributed by atoms with Gasteiger partial charge >= 0.3 is 11.9 Å². The van der Waals surface area contributed by atoms with Crippen LogP contribution < -0.4 is 0 Å². The smallest absolute Gasteiger partial charge is 0.305 e. The molecule has 5 rings (SSSR count). The molecule has 0 unspecified atom stereocenters. The van der Waals surface area contributed by atoms with Crippen molar-refractivity contribution in [3.63, 3.8) is 0 Å². The number of aromatic nitrogens is 4. The maximum Gasteiger partial charge on any atom is 0.305 e. The molecule has 0 atom stereocenters.